The molecule has 0 N–H and O–H groups in total. The molecule has 1 aliphatic carbocycles. The molecule has 1 aromatic heterocycles. The molecule has 24 heavy (non-hydrogen) atoms. The second-order valence-corrected chi connectivity index (χ2v) is 7.91. The van der Waals surface area contributed by atoms with Crippen molar-refractivity contribution in [2.24, 2.45) is 11.8 Å². The van der Waals surface area contributed by atoms with Crippen LogP contribution >= 0.6 is 15.9 Å². The van der Waals surface area contributed by atoms with Gasteiger partial charge in [0.1, 0.15) is 6.10 Å². The summed E-state index contributed by atoms with van der Waals surface area (Å²) in [7, 11) is 0. The van der Waals surface area contributed by atoms with Gasteiger partial charge in [-0.3, -0.25) is 0 Å². The molecule has 1 saturated carbocycles. The van der Waals surface area contributed by atoms with Gasteiger partial charge in [0.15, 0.2) is 5.82 Å². The number of hydrogen-bond donors (Lipinski definition) is 0. The van der Waals surface area contributed by atoms with Crippen molar-refractivity contribution in [2.45, 2.75) is 30.8 Å². The number of rotatable bonds is 3. The zero-order valence-electron chi connectivity index (χ0n) is 13.3. The highest BCUT2D eigenvalue weighted by molar-refractivity contribution is 9.10. The van der Waals surface area contributed by atoms with Crippen molar-refractivity contribution in [1.29, 1.82) is 0 Å². The zero-order valence-corrected chi connectivity index (χ0v) is 14.9. The van der Waals surface area contributed by atoms with Gasteiger partial charge in [0.05, 0.1) is 18.6 Å². The number of fused-ring (bicyclic) bond motifs is 1. The molecule has 0 amide bonds. The van der Waals surface area contributed by atoms with E-state index in [2.05, 4.69) is 39.3 Å². The third-order valence-corrected chi connectivity index (χ3v) is 6.36. The molecule has 3 unspecified atom stereocenters. The maximum atomic E-state index is 5.98. The molecule has 3 fully saturated rings. The van der Waals surface area contributed by atoms with E-state index in [1.165, 1.54) is 5.56 Å². The van der Waals surface area contributed by atoms with Crippen LogP contribution in [0.5, 0.6) is 0 Å². The lowest BCUT2D eigenvalue weighted by Crippen LogP contribution is -2.27. The third-order valence-electron chi connectivity index (χ3n) is 5.66. The fourth-order valence-electron chi connectivity index (χ4n) is 4.12. The molecule has 1 aromatic carbocycles. The lowest BCUT2D eigenvalue weighted by Gasteiger charge is -2.25. The zero-order chi connectivity index (χ0) is 16.1. The van der Waals surface area contributed by atoms with Gasteiger partial charge in [-0.15, -0.1) is 0 Å². The number of benzene rings is 1. The molecule has 0 spiro atoms. The molecule has 6 heteroatoms. The summed E-state index contributed by atoms with van der Waals surface area (Å²) in [6.07, 6.45) is 3.04. The minimum Gasteiger partial charge on any atom is -0.381 e. The van der Waals surface area contributed by atoms with E-state index in [0.717, 1.165) is 49.4 Å². The minimum atomic E-state index is -0.102. The van der Waals surface area contributed by atoms with E-state index in [1.54, 1.807) is 0 Å². The van der Waals surface area contributed by atoms with Gasteiger partial charge < -0.3 is 14.0 Å². The summed E-state index contributed by atoms with van der Waals surface area (Å²) >= 11 is 3.66. The van der Waals surface area contributed by atoms with Gasteiger partial charge in [0, 0.05) is 22.9 Å². The van der Waals surface area contributed by atoms with E-state index in [0.29, 0.717) is 17.7 Å². The largest absolute Gasteiger partial charge is 0.381 e. The van der Waals surface area contributed by atoms with Crippen LogP contribution in [-0.2, 0) is 14.9 Å². The average Bonchev–Trinajstić information content (AvgIpc) is 3.07. The van der Waals surface area contributed by atoms with Crippen LogP contribution in [0, 0.1) is 11.8 Å². The standard InChI is InChI=1S/C18H19BrN2O3/c19-14-4-2-1-3-13(14)18(6-7-18)17-20-16(24-21-17)15-12-5-8-22-9-11(12)10-23-15/h1-4,11-12,15H,5-10H2. The highest BCUT2D eigenvalue weighted by Crippen LogP contribution is 2.54. The quantitative estimate of drug-likeness (QED) is 0.800. The smallest absolute Gasteiger partial charge is 0.256 e. The summed E-state index contributed by atoms with van der Waals surface area (Å²) in [5, 5.41) is 4.33. The molecule has 3 atom stereocenters. The van der Waals surface area contributed by atoms with Crippen LogP contribution in [0.15, 0.2) is 33.3 Å². The van der Waals surface area contributed by atoms with Gasteiger partial charge in [-0.25, -0.2) is 0 Å². The number of ether oxygens (including phenoxy) is 2. The average molecular weight is 391 g/mol. The van der Waals surface area contributed by atoms with Crippen molar-refractivity contribution in [3.05, 3.63) is 46.0 Å². The van der Waals surface area contributed by atoms with E-state index in [1.807, 2.05) is 6.07 Å². The Kier molecular flexibility index (Phi) is 3.54. The molecule has 3 heterocycles. The van der Waals surface area contributed by atoms with Crippen molar-refractivity contribution in [2.75, 3.05) is 19.8 Å². The van der Waals surface area contributed by atoms with E-state index >= 15 is 0 Å². The van der Waals surface area contributed by atoms with Crippen LogP contribution in [-0.4, -0.2) is 30.0 Å². The Morgan fingerprint density at radius 1 is 1.17 bits per heavy atom. The topological polar surface area (TPSA) is 57.4 Å². The molecule has 0 radical (unpaired) electrons. The summed E-state index contributed by atoms with van der Waals surface area (Å²) in [5.41, 5.74) is 1.14. The van der Waals surface area contributed by atoms with Crippen LogP contribution in [0.2, 0.25) is 0 Å². The lowest BCUT2D eigenvalue weighted by atomic mass is 9.87. The number of hydrogen-bond acceptors (Lipinski definition) is 5. The molecular formula is C18H19BrN2O3. The summed E-state index contributed by atoms with van der Waals surface area (Å²) in [4.78, 5) is 4.77. The second-order valence-electron chi connectivity index (χ2n) is 7.06. The predicted octanol–water partition coefficient (Wildman–Crippen LogP) is 3.64. The van der Waals surface area contributed by atoms with Gasteiger partial charge in [-0.2, -0.15) is 4.98 Å². The Bertz CT molecular complexity index is 758. The van der Waals surface area contributed by atoms with Crippen LogP contribution in [0.3, 0.4) is 0 Å². The fraction of sp³-hybridized carbons (Fsp3) is 0.556. The molecule has 2 aliphatic heterocycles. The van der Waals surface area contributed by atoms with Gasteiger partial charge in [-0.05, 0) is 30.9 Å². The summed E-state index contributed by atoms with van der Waals surface area (Å²) in [5.74, 6) is 2.32. The molecular weight excluding hydrogens is 372 g/mol. The van der Waals surface area contributed by atoms with Gasteiger partial charge in [0.25, 0.3) is 5.89 Å². The first-order valence-corrected chi connectivity index (χ1v) is 9.36. The molecule has 2 aromatic rings. The highest BCUT2D eigenvalue weighted by Gasteiger charge is 2.52. The molecule has 126 valence electrons. The first kappa shape index (κ1) is 15.0. The lowest BCUT2D eigenvalue weighted by molar-refractivity contribution is 0.0217. The van der Waals surface area contributed by atoms with E-state index < -0.39 is 0 Å². The van der Waals surface area contributed by atoms with Crippen molar-refractivity contribution in [1.82, 2.24) is 10.1 Å². The number of aromatic nitrogens is 2. The Hall–Kier alpha value is -1.24. The van der Waals surface area contributed by atoms with Gasteiger partial charge in [0.2, 0.25) is 0 Å². The van der Waals surface area contributed by atoms with Crippen molar-refractivity contribution in [3.63, 3.8) is 0 Å². The highest BCUT2D eigenvalue weighted by atomic mass is 79.9. The van der Waals surface area contributed by atoms with E-state index in [-0.39, 0.29) is 11.5 Å². The number of halogens is 1. The van der Waals surface area contributed by atoms with E-state index in [4.69, 9.17) is 19.0 Å². The summed E-state index contributed by atoms with van der Waals surface area (Å²) in [6, 6.07) is 8.31. The van der Waals surface area contributed by atoms with E-state index in [9.17, 15) is 0 Å². The molecule has 2 saturated heterocycles. The normalized spacial score (nSPS) is 31.0. The molecule has 3 aliphatic rings. The minimum absolute atomic E-state index is 0.0739. The SMILES string of the molecule is Brc1ccccc1C1(c2noc(C3OCC4COCCC43)n2)CC1. The van der Waals surface area contributed by atoms with Gasteiger partial charge >= 0.3 is 0 Å². The first-order valence-electron chi connectivity index (χ1n) is 8.56. The monoisotopic (exact) mass is 390 g/mol. The predicted molar refractivity (Wildman–Crippen MR) is 89.6 cm³/mol. The maximum Gasteiger partial charge on any atom is 0.256 e. The van der Waals surface area contributed by atoms with Crippen LogP contribution in [0.4, 0.5) is 0 Å². The van der Waals surface area contributed by atoms with Crippen molar-refractivity contribution in [3.8, 4) is 0 Å². The fourth-order valence-corrected chi connectivity index (χ4v) is 4.79. The van der Waals surface area contributed by atoms with Crippen LogP contribution < -0.4 is 0 Å². The third kappa shape index (κ3) is 2.27. The summed E-state index contributed by atoms with van der Waals surface area (Å²) < 4.78 is 18.3. The first-order chi connectivity index (χ1) is 11.8. The van der Waals surface area contributed by atoms with Crippen LogP contribution in [0.25, 0.3) is 0 Å². The Morgan fingerprint density at radius 2 is 2.04 bits per heavy atom. The Morgan fingerprint density at radius 3 is 2.88 bits per heavy atom. The summed E-state index contributed by atoms with van der Waals surface area (Å²) in [6.45, 7) is 2.30. The van der Waals surface area contributed by atoms with Gasteiger partial charge in [-0.1, -0.05) is 39.3 Å². The van der Waals surface area contributed by atoms with Crippen molar-refractivity contribution >= 4 is 15.9 Å². The Labute approximate surface area is 148 Å². The van der Waals surface area contributed by atoms with Crippen molar-refractivity contribution < 1.29 is 14.0 Å². The molecule has 5 nitrogen and oxygen atoms in total. The second kappa shape index (κ2) is 5.64. The van der Waals surface area contributed by atoms with Crippen LogP contribution in [0.1, 0.15) is 42.6 Å². The molecule has 0 bridgehead atoms. The molecule has 5 rings (SSSR count). The Balaban J connectivity index is 1.45. The maximum absolute atomic E-state index is 5.98. The number of nitrogens with zero attached hydrogens (tertiary/aromatic N) is 2.